The van der Waals surface area contributed by atoms with Gasteiger partial charge >= 0.3 is 0 Å². The highest BCUT2D eigenvalue weighted by atomic mass is 16.5. The molecule has 2 N–H and O–H groups in total. The molecule has 0 radical (unpaired) electrons. The number of likely N-dealkylation sites (tertiary alicyclic amines) is 1. The molecule has 0 unspecified atom stereocenters. The van der Waals surface area contributed by atoms with Crippen LogP contribution in [-0.4, -0.2) is 35.4 Å². The van der Waals surface area contributed by atoms with Crippen molar-refractivity contribution >= 4 is 0 Å². The van der Waals surface area contributed by atoms with E-state index in [1.54, 1.807) is 0 Å². The molecule has 0 saturated carbocycles. The van der Waals surface area contributed by atoms with Crippen molar-refractivity contribution in [2.75, 3.05) is 13.3 Å². The van der Waals surface area contributed by atoms with Gasteiger partial charge in [-0.2, -0.15) is 0 Å². The lowest BCUT2D eigenvalue weighted by Gasteiger charge is -2.55. The first-order chi connectivity index (χ1) is 7.83. The molecule has 0 atom stereocenters. The highest BCUT2D eigenvalue weighted by molar-refractivity contribution is 5.00. The van der Waals surface area contributed by atoms with E-state index < -0.39 is 0 Å². The van der Waals surface area contributed by atoms with Gasteiger partial charge in [0.05, 0.1) is 12.8 Å². The molecule has 0 aromatic heterocycles. The molecule has 102 valence electrons. The number of ether oxygens (including phenoxy) is 1. The van der Waals surface area contributed by atoms with Gasteiger partial charge < -0.3 is 10.5 Å². The smallest absolute Gasteiger partial charge is 0.0944 e. The summed E-state index contributed by atoms with van der Waals surface area (Å²) in [5, 5.41) is 0. The van der Waals surface area contributed by atoms with Gasteiger partial charge in [0, 0.05) is 11.1 Å². The molecule has 17 heavy (non-hydrogen) atoms. The molecule has 1 saturated heterocycles. The highest BCUT2D eigenvalue weighted by Gasteiger charge is 2.44. The summed E-state index contributed by atoms with van der Waals surface area (Å²) < 4.78 is 5.66. The first-order valence-electron chi connectivity index (χ1n) is 6.93. The minimum absolute atomic E-state index is 0.205. The van der Waals surface area contributed by atoms with Crippen LogP contribution in [-0.2, 0) is 4.74 Å². The van der Waals surface area contributed by atoms with Gasteiger partial charge in [-0.1, -0.05) is 13.3 Å². The first kappa shape index (κ1) is 14.9. The zero-order valence-electron chi connectivity index (χ0n) is 12.3. The quantitative estimate of drug-likeness (QED) is 0.753. The molecule has 1 fully saturated rings. The Morgan fingerprint density at radius 1 is 1.18 bits per heavy atom. The lowest BCUT2D eigenvalue weighted by atomic mass is 9.78. The number of piperidine rings is 1. The van der Waals surface area contributed by atoms with E-state index in [2.05, 4.69) is 39.5 Å². The van der Waals surface area contributed by atoms with Crippen LogP contribution >= 0.6 is 0 Å². The highest BCUT2D eigenvalue weighted by Crippen LogP contribution is 2.39. The van der Waals surface area contributed by atoms with Crippen molar-refractivity contribution < 1.29 is 4.74 Å². The molecule has 1 heterocycles. The van der Waals surface area contributed by atoms with Crippen LogP contribution in [0.5, 0.6) is 0 Å². The molecule has 0 aromatic carbocycles. The maximum absolute atomic E-state index is 5.66. The average Bonchev–Trinajstić information content (AvgIpc) is 2.14. The molecule has 0 aliphatic carbocycles. The van der Waals surface area contributed by atoms with Crippen LogP contribution in [0.2, 0.25) is 0 Å². The molecule has 0 spiro atoms. The Bertz CT molecular complexity index is 220. The van der Waals surface area contributed by atoms with E-state index in [9.17, 15) is 0 Å². The van der Waals surface area contributed by atoms with Gasteiger partial charge in [-0.15, -0.1) is 0 Å². The van der Waals surface area contributed by atoms with Crippen LogP contribution in [0.15, 0.2) is 0 Å². The number of hydrogen-bond acceptors (Lipinski definition) is 3. The van der Waals surface area contributed by atoms with Crippen LogP contribution < -0.4 is 5.73 Å². The zero-order chi connectivity index (χ0) is 13.1. The number of unbranched alkanes of at least 4 members (excludes halogenated alkanes) is 1. The van der Waals surface area contributed by atoms with Crippen LogP contribution in [0.4, 0.5) is 0 Å². The molecule has 0 aromatic rings. The van der Waals surface area contributed by atoms with Crippen molar-refractivity contribution in [2.24, 2.45) is 5.73 Å². The maximum Gasteiger partial charge on any atom is 0.0944 e. The number of hydrogen-bond donors (Lipinski definition) is 1. The SMILES string of the molecule is CCCCN1C(C)(C)CC(OCN)CC1(C)C. The van der Waals surface area contributed by atoms with Crippen molar-refractivity contribution in [3.63, 3.8) is 0 Å². The summed E-state index contributed by atoms with van der Waals surface area (Å²) in [6.45, 7) is 13.1. The lowest BCUT2D eigenvalue weighted by Crippen LogP contribution is -2.62. The lowest BCUT2D eigenvalue weighted by molar-refractivity contribution is -0.103. The Hall–Kier alpha value is -0.120. The molecular formula is C14H30N2O. The van der Waals surface area contributed by atoms with Crippen molar-refractivity contribution in [2.45, 2.75) is 77.5 Å². The minimum Gasteiger partial charge on any atom is -0.363 e. The topological polar surface area (TPSA) is 38.5 Å². The third-order valence-corrected chi connectivity index (χ3v) is 3.98. The van der Waals surface area contributed by atoms with E-state index in [0.29, 0.717) is 12.8 Å². The third kappa shape index (κ3) is 3.67. The van der Waals surface area contributed by atoms with Gasteiger partial charge in [0.2, 0.25) is 0 Å². The van der Waals surface area contributed by atoms with Crippen LogP contribution in [0.25, 0.3) is 0 Å². The fourth-order valence-electron chi connectivity index (χ4n) is 3.40. The summed E-state index contributed by atoms with van der Waals surface area (Å²) in [4.78, 5) is 2.65. The Labute approximate surface area is 107 Å². The summed E-state index contributed by atoms with van der Waals surface area (Å²) in [6, 6.07) is 0. The second kappa shape index (κ2) is 5.68. The average molecular weight is 242 g/mol. The predicted molar refractivity (Wildman–Crippen MR) is 72.9 cm³/mol. The fourth-order valence-corrected chi connectivity index (χ4v) is 3.40. The van der Waals surface area contributed by atoms with E-state index in [1.165, 1.54) is 19.4 Å². The van der Waals surface area contributed by atoms with Crippen molar-refractivity contribution in [3.8, 4) is 0 Å². The molecule has 0 amide bonds. The fraction of sp³-hybridized carbons (Fsp3) is 1.00. The van der Waals surface area contributed by atoms with E-state index in [4.69, 9.17) is 10.5 Å². The van der Waals surface area contributed by atoms with E-state index in [-0.39, 0.29) is 11.1 Å². The monoisotopic (exact) mass is 242 g/mol. The van der Waals surface area contributed by atoms with Gasteiger partial charge in [-0.05, 0) is 53.5 Å². The molecule has 3 nitrogen and oxygen atoms in total. The van der Waals surface area contributed by atoms with Gasteiger partial charge in [0.1, 0.15) is 0 Å². The molecule has 1 aliphatic rings. The van der Waals surface area contributed by atoms with Gasteiger partial charge in [0.25, 0.3) is 0 Å². The van der Waals surface area contributed by atoms with Gasteiger partial charge in [0.15, 0.2) is 0 Å². The molecule has 1 aliphatic heterocycles. The molecule has 3 heteroatoms. The van der Waals surface area contributed by atoms with Gasteiger partial charge in [-0.25, -0.2) is 0 Å². The van der Waals surface area contributed by atoms with Gasteiger partial charge in [-0.3, -0.25) is 4.90 Å². The van der Waals surface area contributed by atoms with Crippen LogP contribution in [0.3, 0.4) is 0 Å². The standard InChI is InChI=1S/C14H30N2O/c1-6-7-8-16-13(2,3)9-12(17-11-15)10-14(16,4)5/h12H,6-11,15H2,1-5H3. The summed E-state index contributed by atoms with van der Waals surface area (Å²) in [5.74, 6) is 0. The predicted octanol–water partition coefficient (Wildman–Crippen LogP) is 2.74. The largest absolute Gasteiger partial charge is 0.363 e. The van der Waals surface area contributed by atoms with Crippen molar-refractivity contribution in [1.29, 1.82) is 0 Å². The number of nitrogens with zero attached hydrogens (tertiary/aromatic N) is 1. The Kier molecular flexibility index (Phi) is 4.99. The Morgan fingerprint density at radius 2 is 1.71 bits per heavy atom. The van der Waals surface area contributed by atoms with Crippen molar-refractivity contribution in [3.05, 3.63) is 0 Å². The zero-order valence-corrected chi connectivity index (χ0v) is 12.3. The normalized spacial score (nSPS) is 25.1. The first-order valence-corrected chi connectivity index (χ1v) is 6.93. The third-order valence-electron chi connectivity index (χ3n) is 3.98. The van der Waals surface area contributed by atoms with E-state index >= 15 is 0 Å². The van der Waals surface area contributed by atoms with Crippen LogP contribution in [0.1, 0.15) is 60.3 Å². The summed E-state index contributed by atoms with van der Waals surface area (Å²) in [7, 11) is 0. The number of rotatable bonds is 5. The molecule has 0 bridgehead atoms. The Balaban J connectivity index is 2.76. The molecular weight excluding hydrogens is 212 g/mol. The van der Waals surface area contributed by atoms with E-state index in [0.717, 1.165) is 12.8 Å². The Morgan fingerprint density at radius 3 is 2.12 bits per heavy atom. The maximum atomic E-state index is 5.66. The summed E-state index contributed by atoms with van der Waals surface area (Å²) in [6.07, 6.45) is 5.00. The second-order valence-corrected chi connectivity index (χ2v) is 6.49. The summed E-state index contributed by atoms with van der Waals surface area (Å²) in [5.41, 5.74) is 5.93. The van der Waals surface area contributed by atoms with E-state index in [1.807, 2.05) is 0 Å². The van der Waals surface area contributed by atoms with Crippen molar-refractivity contribution in [1.82, 2.24) is 4.90 Å². The summed E-state index contributed by atoms with van der Waals surface area (Å²) >= 11 is 0. The van der Waals surface area contributed by atoms with Crippen LogP contribution in [0, 0.1) is 0 Å². The minimum atomic E-state index is 0.205. The second-order valence-electron chi connectivity index (χ2n) is 6.49. The number of nitrogens with two attached hydrogens (primary N) is 1. The molecule has 1 rings (SSSR count).